The molecule has 0 aliphatic carbocycles. The highest BCUT2D eigenvalue weighted by molar-refractivity contribution is 7.92. The predicted octanol–water partition coefficient (Wildman–Crippen LogP) is 5.37. The fourth-order valence-corrected chi connectivity index (χ4v) is 4.49. The monoisotopic (exact) mass is 425 g/mol. The van der Waals surface area contributed by atoms with Gasteiger partial charge in [0.05, 0.1) is 4.90 Å². The van der Waals surface area contributed by atoms with Gasteiger partial charge in [0.2, 0.25) is 0 Å². The number of fused-ring (bicyclic) bond motifs is 1. The van der Waals surface area contributed by atoms with Crippen LogP contribution in [0, 0.1) is 0 Å². The number of benzene rings is 4. The molecule has 0 aliphatic heterocycles. The summed E-state index contributed by atoms with van der Waals surface area (Å²) in [4.78, 5) is 0.117. The van der Waals surface area contributed by atoms with E-state index >= 15 is 0 Å². The number of phenolic OH excluding ortho intramolecular Hbond substituents is 2. The molecular formula is C22H16ClNO4S. The number of hydrogen-bond acceptors (Lipinski definition) is 4. The van der Waals surface area contributed by atoms with Crippen LogP contribution in [0.5, 0.6) is 11.5 Å². The highest BCUT2D eigenvalue weighted by Gasteiger charge is 2.18. The minimum atomic E-state index is -3.80. The number of halogens is 1. The van der Waals surface area contributed by atoms with Gasteiger partial charge in [0.1, 0.15) is 11.5 Å². The van der Waals surface area contributed by atoms with Crippen LogP contribution in [0.25, 0.3) is 21.9 Å². The van der Waals surface area contributed by atoms with Gasteiger partial charge in [-0.2, -0.15) is 0 Å². The molecule has 0 atom stereocenters. The molecule has 3 N–H and O–H groups in total. The summed E-state index contributed by atoms with van der Waals surface area (Å²) in [5, 5.41) is 22.7. The van der Waals surface area contributed by atoms with E-state index in [-0.39, 0.29) is 27.6 Å². The van der Waals surface area contributed by atoms with Crippen molar-refractivity contribution in [2.75, 3.05) is 4.72 Å². The maximum Gasteiger partial charge on any atom is 0.261 e. The van der Waals surface area contributed by atoms with Gasteiger partial charge in [0, 0.05) is 32.6 Å². The Hall–Kier alpha value is -3.22. The van der Waals surface area contributed by atoms with Gasteiger partial charge < -0.3 is 10.2 Å². The average Bonchev–Trinajstić information content (AvgIpc) is 2.73. The van der Waals surface area contributed by atoms with Crippen LogP contribution in [-0.2, 0) is 10.0 Å². The van der Waals surface area contributed by atoms with E-state index < -0.39 is 10.0 Å². The molecule has 0 unspecified atom stereocenters. The molecule has 0 radical (unpaired) electrons. The van der Waals surface area contributed by atoms with Crippen molar-refractivity contribution >= 4 is 38.1 Å². The number of nitrogens with one attached hydrogen (secondary N) is 1. The third-order valence-corrected chi connectivity index (χ3v) is 6.27. The van der Waals surface area contributed by atoms with E-state index in [1.165, 1.54) is 30.3 Å². The molecule has 0 saturated heterocycles. The molecule has 0 fully saturated rings. The number of rotatable bonds is 4. The second-order valence-electron chi connectivity index (χ2n) is 6.45. The first-order valence-corrected chi connectivity index (χ1v) is 10.5. The van der Waals surface area contributed by atoms with Gasteiger partial charge in [-0.25, -0.2) is 8.42 Å². The lowest BCUT2D eigenvalue weighted by Crippen LogP contribution is -2.12. The van der Waals surface area contributed by atoms with Gasteiger partial charge in [0.25, 0.3) is 10.0 Å². The molecule has 0 saturated carbocycles. The number of anilines is 1. The first-order chi connectivity index (χ1) is 13.9. The topological polar surface area (TPSA) is 86.6 Å². The van der Waals surface area contributed by atoms with Crippen LogP contribution in [0.2, 0.25) is 5.02 Å². The molecule has 0 aliphatic rings. The van der Waals surface area contributed by atoms with E-state index in [2.05, 4.69) is 4.72 Å². The smallest absolute Gasteiger partial charge is 0.261 e. The Labute approximate surface area is 172 Å². The van der Waals surface area contributed by atoms with E-state index in [4.69, 9.17) is 11.6 Å². The third-order valence-electron chi connectivity index (χ3n) is 4.56. The zero-order chi connectivity index (χ0) is 20.6. The van der Waals surface area contributed by atoms with Crippen molar-refractivity contribution < 1.29 is 18.6 Å². The maximum absolute atomic E-state index is 12.6. The lowest BCUT2D eigenvalue weighted by atomic mass is 9.98. The van der Waals surface area contributed by atoms with Crippen LogP contribution >= 0.6 is 11.6 Å². The molecule has 0 spiro atoms. The minimum Gasteiger partial charge on any atom is -0.507 e. The summed E-state index contributed by atoms with van der Waals surface area (Å²) >= 11 is 6.36. The van der Waals surface area contributed by atoms with Gasteiger partial charge in [-0.15, -0.1) is 0 Å². The Balaban J connectivity index is 1.81. The highest BCUT2D eigenvalue weighted by atomic mass is 35.5. The largest absolute Gasteiger partial charge is 0.507 e. The summed E-state index contributed by atoms with van der Waals surface area (Å²) in [7, 11) is -3.80. The molecular weight excluding hydrogens is 410 g/mol. The summed E-state index contributed by atoms with van der Waals surface area (Å²) in [5.41, 5.74) is 0.792. The van der Waals surface area contributed by atoms with E-state index in [9.17, 15) is 18.6 Å². The van der Waals surface area contributed by atoms with E-state index in [1.807, 2.05) is 6.07 Å². The van der Waals surface area contributed by atoms with Gasteiger partial charge in [-0.3, -0.25) is 4.72 Å². The Bertz CT molecular complexity index is 1320. The molecule has 29 heavy (non-hydrogen) atoms. The van der Waals surface area contributed by atoms with E-state index in [0.29, 0.717) is 21.4 Å². The molecule has 0 bridgehead atoms. The van der Waals surface area contributed by atoms with Crippen molar-refractivity contribution in [3.63, 3.8) is 0 Å². The average molecular weight is 426 g/mol. The molecule has 0 amide bonds. The van der Waals surface area contributed by atoms with Crippen molar-refractivity contribution in [3.8, 4) is 22.6 Å². The van der Waals surface area contributed by atoms with Crippen molar-refractivity contribution in [1.82, 2.24) is 0 Å². The highest BCUT2D eigenvalue weighted by Crippen LogP contribution is 2.43. The molecule has 4 rings (SSSR count). The zero-order valence-corrected chi connectivity index (χ0v) is 16.6. The Kier molecular flexibility index (Phi) is 4.82. The molecule has 7 heteroatoms. The van der Waals surface area contributed by atoms with Crippen molar-refractivity contribution in [1.29, 1.82) is 0 Å². The number of sulfonamides is 1. The Morgan fingerprint density at radius 2 is 1.41 bits per heavy atom. The summed E-state index contributed by atoms with van der Waals surface area (Å²) < 4.78 is 27.7. The SMILES string of the molecule is O=S(=O)(Nc1ccc(O)c(-c2cc(Cl)c3ccccc3c2O)c1)c1ccccc1. The van der Waals surface area contributed by atoms with Crippen LogP contribution in [0.4, 0.5) is 5.69 Å². The second-order valence-corrected chi connectivity index (χ2v) is 8.54. The summed E-state index contributed by atoms with van der Waals surface area (Å²) in [5.74, 6) is -0.169. The number of hydrogen-bond donors (Lipinski definition) is 3. The molecule has 0 aromatic heterocycles. The predicted molar refractivity (Wildman–Crippen MR) is 115 cm³/mol. The molecule has 4 aromatic rings. The number of phenols is 2. The lowest BCUT2D eigenvalue weighted by molar-refractivity contribution is 0.472. The Morgan fingerprint density at radius 3 is 2.14 bits per heavy atom. The normalized spacial score (nSPS) is 11.5. The molecule has 0 heterocycles. The van der Waals surface area contributed by atoms with Crippen molar-refractivity contribution in [2.24, 2.45) is 0 Å². The molecule has 4 aromatic carbocycles. The molecule has 146 valence electrons. The molecule has 5 nitrogen and oxygen atoms in total. The first kappa shape index (κ1) is 19.1. The lowest BCUT2D eigenvalue weighted by Gasteiger charge is -2.14. The van der Waals surface area contributed by atoms with E-state index in [0.717, 1.165) is 0 Å². The standard InChI is InChI=1S/C22H16ClNO4S/c23-20-13-19(22(26)17-9-5-4-8-16(17)20)18-12-14(10-11-21(18)25)24-29(27,28)15-6-2-1-3-7-15/h1-13,24-26H. The van der Waals surface area contributed by atoms with Crippen LogP contribution in [0.1, 0.15) is 0 Å². The van der Waals surface area contributed by atoms with Crippen LogP contribution in [-0.4, -0.2) is 18.6 Å². The van der Waals surface area contributed by atoms with Crippen molar-refractivity contribution in [3.05, 3.63) is 83.9 Å². The fraction of sp³-hybridized carbons (Fsp3) is 0. The van der Waals surface area contributed by atoms with Gasteiger partial charge in [-0.05, 0) is 36.4 Å². The van der Waals surface area contributed by atoms with Crippen LogP contribution < -0.4 is 4.72 Å². The quantitative estimate of drug-likeness (QED) is 0.383. The maximum atomic E-state index is 12.6. The van der Waals surface area contributed by atoms with Gasteiger partial charge in [-0.1, -0.05) is 54.1 Å². The first-order valence-electron chi connectivity index (χ1n) is 8.68. The fourth-order valence-electron chi connectivity index (χ4n) is 3.15. The Morgan fingerprint density at radius 1 is 0.759 bits per heavy atom. The summed E-state index contributed by atoms with van der Waals surface area (Å²) in [6.45, 7) is 0. The van der Waals surface area contributed by atoms with E-state index in [1.54, 1.807) is 42.5 Å². The van der Waals surface area contributed by atoms with Crippen LogP contribution in [0.15, 0.2) is 83.8 Å². The van der Waals surface area contributed by atoms with Gasteiger partial charge in [0.15, 0.2) is 0 Å². The third kappa shape index (κ3) is 3.60. The zero-order valence-electron chi connectivity index (χ0n) is 15.0. The summed E-state index contributed by atoms with van der Waals surface area (Å²) in [6, 6.07) is 20.8. The van der Waals surface area contributed by atoms with Crippen molar-refractivity contribution in [2.45, 2.75) is 4.90 Å². The van der Waals surface area contributed by atoms with Crippen LogP contribution in [0.3, 0.4) is 0 Å². The summed E-state index contributed by atoms with van der Waals surface area (Å²) in [6.07, 6.45) is 0. The second kappa shape index (κ2) is 7.31. The number of aromatic hydroxyl groups is 2. The minimum absolute atomic E-state index is 0.0524. The van der Waals surface area contributed by atoms with Gasteiger partial charge >= 0.3 is 0 Å².